The van der Waals surface area contributed by atoms with Gasteiger partial charge in [-0.25, -0.2) is 4.79 Å². The highest BCUT2D eigenvalue weighted by Crippen LogP contribution is 2.19. The van der Waals surface area contributed by atoms with Crippen molar-refractivity contribution in [3.63, 3.8) is 0 Å². The van der Waals surface area contributed by atoms with E-state index < -0.39 is 11.2 Å². The second kappa shape index (κ2) is 7.36. The molecule has 136 valence electrons. The van der Waals surface area contributed by atoms with Crippen LogP contribution in [0.15, 0.2) is 33.9 Å². The Labute approximate surface area is 156 Å². The van der Waals surface area contributed by atoms with Gasteiger partial charge in [0.05, 0.1) is 0 Å². The fourth-order valence-electron chi connectivity index (χ4n) is 3.31. The molecular formula is C18H20ClN5O2. The number of benzene rings is 1. The third kappa shape index (κ3) is 3.39. The van der Waals surface area contributed by atoms with Crippen LogP contribution >= 0.6 is 11.6 Å². The Balaban J connectivity index is 1.80. The van der Waals surface area contributed by atoms with Crippen LogP contribution < -0.4 is 16.1 Å². The zero-order valence-corrected chi connectivity index (χ0v) is 15.5. The summed E-state index contributed by atoms with van der Waals surface area (Å²) in [6.07, 6.45) is 0. The van der Waals surface area contributed by atoms with Crippen molar-refractivity contribution in [2.45, 2.75) is 6.54 Å². The van der Waals surface area contributed by atoms with Gasteiger partial charge in [0.1, 0.15) is 11.9 Å². The maximum atomic E-state index is 12.3. The number of hydrogen-bond donors (Lipinski definition) is 0. The molecule has 1 aromatic carbocycles. The van der Waals surface area contributed by atoms with Crippen LogP contribution in [-0.4, -0.2) is 40.2 Å². The van der Waals surface area contributed by atoms with Crippen LogP contribution in [0, 0.1) is 11.3 Å². The molecular weight excluding hydrogens is 354 g/mol. The molecule has 3 rings (SSSR count). The third-order valence-corrected chi connectivity index (χ3v) is 4.95. The van der Waals surface area contributed by atoms with Crippen molar-refractivity contribution in [3.8, 4) is 6.07 Å². The molecule has 8 heteroatoms. The van der Waals surface area contributed by atoms with E-state index >= 15 is 0 Å². The zero-order chi connectivity index (χ0) is 18.8. The van der Waals surface area contributed by atoms with Gasteiger partial charge in [-0.15, -0.1) is 0 Å². The predicted molar refractivity (Wildman–Crippen MR) is 101 cm³/mol. The molecule has 0 N–H and O–H groups in total. The first kappa shape index (κ1) is 18.2. The highest BCUT2D eigenvalue weighted by molar-refractivity contribution is 6.30. The summed E-state index contributed by atoms with van der Waals surface area (Å²) in [7, 11) is 2.98. The minimum absolute atomic E-state index is 0.0119. The summed E-state index contributed by atoms with van der Waals surface area (Å²) in [5.41, 5.74) is 0.180. The maximum Gasteiger partial charge on any atom is 0.332 e. The van der Waals surface area contributed by atoms with Gasteiger partial charge in [-0.1, -0.05) is 23.7 Å². The minimum atomic E-state index is -0.549. The molecule has 1 fully saturated rings. The van der Waals surface area contributed by atoms with Gasteiger partial charge in [0.2, 0.25) is 0 Å². The van der Waals surface area contributed by atoms with E-state index in [-0.39, 0.29) is 5.56 Å². The fourth-order valence-corrected chi connectivity index (χ4v) is 3.53. The van der Waals surface area contributed by atoms with Gasteiger partial charge in [-0.2, -0.15) is 5.26 Å². The lowest BCUT2D eigenvalue weighted by atomic mass is 10.2. The van der Waals surface area contributed by atoms with Crippen LogP contribution in [0.2, 0.25) is 5.02 Å². The normalized spacial score (nSPS) is 15.1. The van der Waals surface area contributed by atoms with Gasteiger partial charge < -0.3 is 4.90 Å². The molecule has 0 saturated carbocycles. The summed E-state index contributed by atoms with van der Waals surface area (Å²) < 4.78 is 2.35. The predicted octanol–water partition coefficient (Wildman–Crippen LogP) is 0.931. The molecule has 7 nitrogen and oxygen atoms in total. The average Bonchev–Trinajstić information content (AvgIpc) is 2.64. The minimum Gasteiger partial charge on any atom is -0.354 e. The smallest absolute Gasteiger partial charge is 0.332 e. The Hall–Kier alpha value is -2.56. The molecule has 2 heterocycles. The number of aromatic nitrogens is 2. The Morgan fingerprint density at radius 1 is 1.12 bits per heavy atom. The summed E-state index contributed by atoms with van der Waals surface area (Å²) in [5, 5.41) is 10.1. The summed E-state index contributed by atoms with van der Waals surface area (Å²) >= 11 is 6.04. The van der Waals surface area contributed by atoms with Crippen molar-refractivity contribution in [3.05, 3.63) is 61.3 Å². The van der Waals surface area contributed by atoms with Gasteiger partial charge in [-0.3, -0.25) is 18.8 Å². The molecule has 1 saturated heterocycles. The number of nitriles is 1. The van der Waals surface area contributed by atoms with Crippen LogP contribution in [-0.2, 0) is 20.6 Å². The number of anilines is 1. The third-order valence-electron chi connectivity index (χ3n) is 4.71. The lowest BCUT2D eigenvalue weighted by Crippen LogP contribution is -2.50. The largest absolute Gasteiger partial charge is 0.354 e. The van der Waals surface area contributed by atoms with E-state index in [2.05, 4.69) is 4.90 Å². The quantitative estimate of drug-likeness (QED) is 0.800. The van der Waals surface area contributed by atoms with Gasteiger partial charge in [0, 0.05) is 51.8 Å². The maximum absolute atomic E-state index is 12.3. The second-order valence-corrected chi connectivity index (χ2v) is 6.85. The molecule has 26 heavy (non-hydrogen) atoms. The monoisotopic (exact) mass is 373 g/mol. The molecule has 0 amide bonds. The van der Waals surface area contributed by atoms with E-state index in [4.69, 9.17) is 11.6 Å². The zero-order valence-electron chi connectivity index (χ0n) is 14.8. The van der Waals surface area contributed by atoms with Crippen LogP contribution in [0.3, 0.4) is 0 Å². The molecule has 2 aromatic rings. The fraction of sp³-hybridized carbons (Fsp3) is 0.389. The van der Waals surface area contributed by atoms with Crippen LogP contribution in [0.25, 0.3) is 0 Å². The van der Waals surface area contributed by atoms with Gasteiger partial charge >= 0.3 is 5.69 Å². The first-order valence-electron chi connectivity index (χ1n) is 8.34. The first-order chi connectivity index (χ1) is 12.4. The Morgan fingerprint density at radius 2 is 1.81 bits per heavy atom. The highest BCUT2D eigenvalue weighted by Gasteiger charge is 2.24. The van der Waals surface area contributed by atoms with Crippen molar-refractivity contribution in [2.75, 3.05) is 31.1 Å². The van der Waals surface area contributed by atoms with Crippen molar-refractivity contribution in [1.29, 1.82) is 5.26 Å². The molecule has 0 aliphatic carbocycles. The summed E-state index contributed by atoms with van der Waals surface area (Å²) in [4.78, 5) is 28.7. The van der Waals surface area contributed by atoms with Gasteiger partial charge in [0.25, 0.3) is 5.56 Å². The number of hydrogen-bond acceptors (Lipinski definition) is 5. The van der Waals surface area contributed by atoms with Crippen molar-refractivity contribution in [2.24, 2.45) is 14.1 Å². The summed E-state index contributed by atoms with van der Waals surface area (Å²) in [5.74, 6) is 0.406. The standard InChI is InChI=1S/C18H20ClN5O2/c1-21-16(15(11-20)17(25)22(2)18(21)26)24-8-6-23(7-9-24)12-13-4-3-5-14(19)10-13/h3-5,10H,6-9,12H2,1-2H3. The summed E-state index contributed by atoms with van der Waals surface area (Å²) in [6.45, 7) is 3.59. The lowest BCUT2D eigenvalue weighted by Gasteiger charge is -2.36. The van der Waals surface area contributed by atoms with Crippen molar-refractivity contribution >= 4 is 17.4 Å². The lowest BCUT2D eigenvalue weighted by molar-refractivity contribution is 0.248. The second-order valence-electron chi connectivity index (χ2n) is 6.41. The van der Waals surface area contributed by atoms with Crippen LogP contribution in [0.4, 0.5) is 5.82 Å². The Bertz CT molecular complexity index is 981. The number of rotatable bonds is 3. The highest BCUT2D eigenvalue weighted by atomic mass is 35.5. The Morgan fingerprint density at radius 3 is 2.42 bits per heavy atom. The number of halogens is 1. The number of piperazine rings is 1. The van der Waals surface area contributed by atoms with E-state index in [1.54, 1.807) is 7.05 Å². The first-order valence-corrected chi connectivity index (χ1v) is 8.72. The molecule has 0 atom stereocenters. The van der Waals surface area contributed by atoms with Crippen LogP contribution in [0.5, 0.6) is 0 Å². The van der Waals surface area contributed by atoms with E-state index in [1.807, 2.05) is 35.2 Å². The van der Waals surface area contributed by atoms with Crippen molar-refractivity contribution < 1.29 is 0 Å². The SMILES string of the molecule is Cn1c(N2CCN(Cc3cccc(Cl)c3)CC2)c(C#N)c(=O)n(C)c1=O. The summed E-state index contributed by atoms with van der Waals surface area (Å²) in [6, 6.07) is 9.74. The molecule has 1 aliphatic rings. The molecule has 0 unspecified atom stereocenters. The van der Waals surface area contributed by atoms with Gasteiger partial charge in [-0.05, 0) is 17.7 Å². The van der Waals surface area contributed by atoms with E-state index in [0.29, 0.717) is 18.9 Å². The molecule has 0 radical (unpaired) electrons. The molecule has 1 aliphatic heterocycles. The average molecular weight is 374 g/mol. The molecule has 1 aromatic heterocycles. The molecule has 0 bridgehead atoms. The molecule has 0 spiro atoms. The van der Waals surface area contributed by atoms with E-state index in [1.165, 1.54) is 11.6 Å². The van der Waals surface area contributed by atoms with Gasteiger partial charge in [0.15, 0.2) is 5.56 Å². The topological polar surface area (TPSA) is 74.3 Å². The van der Waals surface area contributed by atoms with E-state index in [0.717, 1.165) is 34.8 Å². The van der Waals surface area contributed by atoms with E-state index in [9.17, 15) is 14.9 Å². The van der Waals surface area contributed by atoms with Crippen LogP contribution in [0.1, 0.15) is 11.1 Å². The Kier molecular flexibility index (Phi) is 5.16. The number of nitrogens with zero attached hydrogens (tertiary/aromatic N) is 5. The van der Waals surface area contributed by atoms with Crippen molar-refractivity contribution in [1.82, 2.24) is 14.0 Å².